The molecule has 0 aliphatic heterocycles. The Morgan fingerprint density at radius 2 is 1.80 bits per heavy atom. The zero-order chi connectivity index (χ0) is 21.6. The van der Waals surface area contributed by atoms with E-state index in [-0.39, 0.29) is 10.9 Å². The first-order valence-electron chi connectivity index (χ1n) is 8.94. The molecule has 1 aromatic carbocycles. The molecule has 9 heteroatoms. The second-order valence-electron chi connectivity index (χ2n) is 7.03. The number of H-pyrrole nitrogens is 1. The Balaban J connectivity index is 1.90. The average Bonchev–Trinajstić information content (AvgIpc) is 3.15. The maximum Gasteiger partial charge on any atom is 0.246 e. The Bertz CT molecular complexity index is 1450. The van der Waals surface area contributed by atoms with Crippen LogP contribution in [0.2, 0.25) is 0 Å². The van der Waals surface area contributed by atoms with E-state index < -0.39 is 9.84 Å². The van der Waals surface area contributed by atoms with Gasteiger partial charge in [-0.1, -0.05) is 6.07 Å². The zero-order valence-electron chi connectivity index (χ0n) is 16.4. The molecule has 0 saturated carbocycles. The number of aromatic hydroxyl groups is 1. The smallest absolute Gasteiger partial charge is 0.246 e. The van der Waals surface area contributed by atoms with E-state index in [4.69, 9.17) is 0 Å². The van der Waals surface area contributed by atoms with E-state index in [0.29, 0.717) is 39.0 Å². The minimum absolute atomic E-state index is 0.150. The summed E-state index contributed by atoms with van der Waals surface area (Å²) in [5.74, 6) is 0.150. The molecule has 0 unspecified atom stereocenters. The molecule has 0 amide bonds. The minimum atomic E-state index is -3.49. The van der Waals surface area contributed by atoms with Gasteiger partial charge in [-0.15, -0.1) is 0 Å². The first-order chi connectivity index (χ1) is 14.2. The van der Waals surface area contributed by atoms with Gasteiger partial charge in [0, 0.05) is 41.4 Å². The number of fused-ring (bicyclic) bond motifs is 1. The van der Waals surface area contributed by atoms with Crippen molar-refractivity contribution in [2.75, 3.05) is 6.26 Å². The SMILES string of the molecule is Cc1ccc(O)c(C)c1-c1cnc2[nH]c(-c3cnc(S(C)(=O)=O)nc3)cc2c1C#N. The largest absolute Gasteiger partial charge is 0.508 e. The summed E-state index contributed by atoms with van der Waals surface area (Å²) in [6.07, 6.45) is 5.47. The molecule has 30 heavy (non-hydrogen) atoms. The summed E-state index contributed by atoms with van der Waals surface area (Å²) in [6.45, 7) is 3.71. The summed E-state index contributed by atoms with van der Waals surface area (Å²) in [5, 5.41) is 20.4. The number of phenolic OH excluding ortho intramolecular Hbond substituents is 1. The van der Waals surface area contributed by atoms with Crippen molar-refractivity contribution in [3.05, 3.63) is 53.5 Å². The van der Waals surface area contributed by atoms with Crippen molar-refractivity contribution in [1.82, 2.24) is 19.9 Å². The molecule has 0 aliphatic carbocycles. The van der Waals surface area contributed by atoms with Gasteiger partial charge >= 0.3 is 0 Å². The Kier molecular flexibility index (Phi) is 4.51. The molecule has 3 aromatic heterocycles. The Hall–Kier alpha value is -3.77. The highest BCUT2D eigenvalue weighted by Gasteiger charge is 2.18. The van der Waals surface area contributed by atoms with Crippen LogP contribution in [0, 0.1) is 25.2 Å². The third-order valence-electron chi connectivity index (χ3n) is 4.95. The standard InChI is InChI=1S/C21H17N5O3S/c1-11-4-5-18(27)12(2)19(11)16-10-23-20-14(15(16)7-22)6-17(26-20)13-8-24-21(25-9-13)30(3,28)29/h4-6,8-10,27H,1-3H3,(H,23,26). The van der Waals surface area contributed by atoms with Gasteiger partial charge in [0.05, 0.1) is 11.3 Å². The van der Waals surface area contributed by atoms with Crippen LogP contribution in [-0.4, -0.2) is 39.7 Å². The molecule has 8 nitrogen and oxygen atoms in total. The quantitative estimate of drug-likeness (QED) is 0.487. The van der Waals surface area contributed by atoms with Crippen molar-refractivity contribution in [2.45, 2.75) is 19.0 Å². The van der Waals surface area contributed by atoms with E-state index in [1.807, 2.05) is 6.92 Å². The number of hydrogen-bond acceptors (Lipinski definition) is 7. The summed E-state index contributed by atoms with van der Waals surface area (Å²) in [6, 6.07) is 7.44. The highest BCUT2D eigenvalue weighted by molar-refractivity contribution is 7.90. The summed E-state index contributed by atoms with van der Waals surface area (Å²) in [7, 11) is -3.49. The van der Waals surface area contributed by atoms with Crippen LogP contribution in [0.15, 0.2) is 41.9 Å². The molecule has 3 heterocycles. The number of phenols is 1. The van der Waals surface area contributed by atoms with Crippen molar-refractivity contribution in [3.8, 4) is 34.2 Å². The second kappa shape index (κ2) is 6.93. The van der Waals surface area contributed by atoms with E-state index in [0.717, 1.165) is 17.4 Å². The van der Waals surface area contributed by atoms with Gasteiger partial charge in [0.15, 0.2) is 0 Å². The molecular weight excluding hydrogens is 402 g/mol. The van der Waals surface area contributed by atoms with E-state index in [9.17, 15) is 18.8 Å². The summed E-state index contributed by atoms with van der Waals surface area (Å²) < 4.78 is 23.1. The van der Waals surface area contributed by atoms with Gasteiger partial charge in [0.1, 0.15) is 17.5 Å². The van der Waals surface area contributed by atoms with Gasteiger partial charge in [-0.2, -0.15) is 5.26 Å². The summed E-state index contributed by atoms with van der Waals surface area (Å²) in [4.78, 5) is 15.4. The van der Waals surface area contributed by atoms with Crippen LogP contribution < -0.4 is 0 Å². The second-order valence-corrected chi connectivity index (χ2v) is 8.94. The summed E-state index contributed by atoms with van der Waals surface area (Å²) >= 11 is 0. The Labute approximate surface area is 172 Å². The molecule has 0 atom stereocenters. The number of pyridine rings is 1. The molecule has 4 rings (SSSR count). The van der Waals surface area contributed by atoms with E-state index in [2.05, 4.69) is 26.0 Å². The molecule has 0 saturated heterocycles. The number of nitriles is 1. The van der Waals surface area contributed by atoms with Gasteiger partial charge in [0.2, 0.25) is 15.0 Å². The maximum absolute atomic E-state index is 11.6. The van der Waals surface area contributed by atoms with Gasteiger partial charge < -0.3 is 10.1 Å². The fraction of sp³-hybridized carbons (Fsp3) is 0.143. The number of aryl methyl sites for hydroxylation is 1. The number of benzene rings is 1. The highest BCUT2D eigenvalue weighted by atomic mass is 32.2. The minimum Gasteiger partial charge on any atom is -0.508 e. The third kappa shape index (κ3) is 3.17. The number of nitrogens with one attached hydrogen (secondary N) is 1. The first-order valence-corrected chi connectivity index (χ1v) is 10.8. The van der Waals surface area contributed by atoms with Crippen molar-refractivity contribution < 1.29 is 13.5 Å². The van der Waals surface area contributed by atoms with Gasteiger partial charge in [0.25, 0.3) is 0 Å². The van der Waals surface area contributed by atoms with Gasteiger partial charge in [-0.25, -0.2) is 23.4 Å². The van der Waals surface area contributed by atoms with Gasteiger partial charge in [-0.3, -0.25) is 0 Å². The third-order valence-corrected chi connectivity index (χ3v) is 5.83. The Morgan fingerprint density at radius 1 is 1.10 bits per heavy atom. The topological polar surface area (TPSA) is 133 Å². The number of aromatic nitrogens is 4. The normalized spacial score (nSPS) is 11.5. The first kappa shape index (κ1) is 19.5. The molecule has 0 fully saturated rings. The number of hydrogen-bond donors (Lipinski definition) is 2. The van der Waals surface area contributed by atoms with E-state index in [1.54, 1.807) is 31.3 Å². The van der Waals surface area contributed by atoms with E-state index in [1.165, 1.54) is 12.4 Å². The van der Waals surface area contributed by atoms with Crippen LogP contribution >= 0.6 is 0 Å². The van der Waals surface area contributed by atoms with Crippen LogP contribution in [0.1, 0.15) is 16.7 Å². The van der Waals surface area contributed by atoms with Crippen LogP contribution in [0.4, 0.5) is 0 Å². The predicted molar refractivity (Wildman–Crippen MR) is 112 cm³/mol. The summed E-state index contributed by atoms with van der Waals surface area (Å²) in [5.41, 5.74) is 5.10. The van der Waals surface area contributed by atoms with Crippen LogP contribution in [0.3, 0.4) is 0 Å². The average molecular weight is 419 g/mol. The number of sulfone groups is 1. The van der Waals surface area contributed by atoms with E-state index >= 15 is 0 Å². The molecule has 4 aromatic rings. The molecule has 2 N–H and O–H groups in total. The zero-order valence-corrected chi connectivity index (χ0v) is 17.2. The lowest BCUT2D eigenvalue weighted by atomic mass is 9.92. The molecule has 0 bridgehead atoms. The number of rotatable bonds is 3. The van der Waals surface area contributed by atoms with Crippen LogP contribution in [0.5, 0.6) is 5.75 Å². The monoisotopic (exact) mass is 419 g/mol. The van der Waals surface area contributed by atoms with Crippen molar-refractivity contribution in [1.29, 1.82) is 5.26 Å². The maximum atomic E-state index is 11.6. The Morgan fingerprint density at radius 3 is 2.43 bits per heavy atom. The highest BCUT2D eigenvalue weighted by Crippen LogP contribution is 2.37. The fourth-order valence-corrected chi connectivity index (χ4v) is 3.93. The molecule has 0 spiro atoms. The predicted octanol–water partition coefficient (Wildman–Crippen LogP) is 3.28. The number of aromatic amines is 1. The van der Waals surface area contributed by atoms with Gasteiger partial charge in [-0.05, 0) is 42.7 Å². The lowest BCUT2D eigenvalue weighted by Crippen LogP contribution is -2.03. The van der Waals surface area contributed by atoms with Crippen molar-refractivity contribution in [3.63, 3.8) is 0 Å². The number of nitrogens with zero attached hydrogens (tertiary/aromatic N) is 4. The molecule has 0 aliphatic rings. The van der Waals surface area contributed by atoms with Crippen LogP contribution in [-0.2, 0) is 9.84 Å². The lowest BCUT2D eigenvalue weighted by molar-refractivity contribution is 0.471. The molecular formula is C21H17N5O3S. The van der Waals surface area contributed by atoms with Crippen molar-refractivity contribution >= 4 is 20.9 Å². The lowest BCUT2D eigenvalue weighted by Gasteiger charge is -2.13. The van der Waals surface area contributed by atoms with Crippen LogP contribution in [0.25, 0.3) is 33.4 Å². The molecule has 150 valence electrons. The fourth-order valence-electron chi connectivity index (χ4n) is 3.44. The molecule has 0 radical (unpaired) electrons. The van der Waals surface area contributed by atoms with Crippen molar-refractivity contribution in [2.24, 2.45) is 0 Å².